The van der Waals surface area contributed by atoms with Crippen LogP contribution in [0, 0.1) is 0 Å². The van der Waals surface area contributed by atoms with Crippen molar-refractivity contribution in [3.8, 4) is 0 Å². The Morgan fingerprint density at radius 3 is 1.25 bits per heavy atom. The zero-order chi connectivity index (χ0) is 48.7. The number of ether oxygens (including phenoxy) is 2. The number of unbranched alkanes of at least 4 members (excludes halogenated alkanes) is 31. The number of hydrogen-bond donors (Lipinski definition) is 2. The van der Waals surface area contributed by atoms with Gasteiger partial charge < -0.3 is 20.1 Å². The van der Waals surface area contributed by atoms with Crippen molar-refractivity contribution in [3.63, 3.8) is 0 Å². The molecule has 0 heterocycles. The maximum atomic E-state index is 12.7. The van der Waals surface area contributed by atoms with Crippen molar-refractivity contribution in [2.24, 2.45) is 5.73 Å². The van der Waals surface area contributed by atoms with E-state index in [1.807, 2.05) is 0 Å². The van der Waals surface area contributed by atoms with E-state index >= 15 is 0 Å². The molecule has 67 heavy (non-hydrogen) atoms. The normalized spacial score (nSPS) is 13.7. The van der Waals surface area contributed by atoms with Crippen molar-refractivity contribution in [3.05, 3.63) is 60.8 Å². The Balaban J connectivity index is 3.90. The highest BCUT2D eigenvalue weighted by molar-refractivity contribution is 7.47. The molecule has 392 valence electrons. The van der Waals surface area contributed by atoms with Crippen LogP contribution in [0.5, 0.6) is 0 Å². The second-order valence-electron chi connectivity index (χ2n) is 18.8. The third-order valence-electron chi connectivity index (χ3n) is 12.2. The quantitative estimate of drug-likeness (QED) is 0.0268. The van der Waals surface area contributed by atoms with Crippen molar-refractivity contribution in [2.75, 3.05) is 33.0 Å². The first-order valence-corrected chi connectivity index (χ1v) is 29.8. The summed E-state index contributed by atoms with van der Waals surface area (Å²) >= 11 is 0. The molecule has 9 heteroatoms. The standard InChI is InChI=1S/C58H108NO7P/c1-3-5-7-9-11-13-15-17-19-21-23-25-27-29-31-33-35-37-39-41-43-45-47-49-51-58(60)66-57(56-65-67(61,62)64-54-52-59)55-63-53-50-48-46-44-42-40-38-36-34-32-30-28-26-24-22-20-18-16-14-12-10-8-6-4-2/h6,8,12,14,18,20,24,26,30,32,57H,3-5,7,9-11,13,15-17,19,21-23,25,27-29,31,33-56,59H2,1-2H3,(H,61,62)/b8-6-,14-12-,20-18-,26-24-,32-30-. The first-order valence-electron chi connectivity index (χ1n) is 28.3. The summed E-state index contributed by atoms with van der Waals surface area (Å²) in [5.41, 5.74) is 5.40. The number of allylic oxidation sites excluding steroid dienone is 10. The average molecular weight is 962 g/mol. The van der Waals surface area contributed by atoms with Gasteiger partial charge in [0.1, 0.15) is 6.10 Å². The van der Waals surface area contributed by atoms with E-state index in [4.69, 9.17) is 24.3 Å². The van der Waals surface area contributed by atoms with Crippen molar-refractivity contribution < 1.29 is 32.8 Å². The molecule has 0 amide bonds. The zero-order valence-corrected chi connectivity index (χ0v) is 44.8. The highest BCUT2D eigenvalue weighted by Gasteiger charge is 2.25. The lowest BCUT2D eigenvalue weighted by Crippen LogP contribution is -2.28. The summed E-state index contributed by atoms with van der Waals surface area (Å²) in [4.78, 5) is 22.7. The van der Waals surface area contributed by atoms with Crippen molar-refractivity contribution in [1.29, 1.82) is 0 Å². The summed E-state index contributed by atoms with van der Waals surface area (Å²) < 4.78 is 33.7. The van der Waals surface area contributed by atoms with Gasteiger partial charge in [0, 0.05) is 19.6 Å². The first kappa shape index (κ1) is 65.2. The molecule has 2 unspecified atom stereocenters. The summed E-state index contributed by atoms with van der Waals surface area (Å²) in [5.74, 6) is -0.329. The van der Waals surface area contributed by atoms with Gasteiger partial charge in [0.05, 0.1) is 19.8 Å². The maximum absolute atomic E-state index is 12.7. The molecule has 0 saturated heterocycles. The SMILES string of the molecule is CC/C=C\C/C=C\C/C=C\C/C=C\C/C=C\CCCCCCCCCCOCC(COP(=O)(O)OCCN)OC(=O)CCCCCCCCCCCCCCCCCCCCCCCCCC. The predicted octanol–water partition coefficient (Wildman–Crippen LogP) is 18.0. The summed E-state index contributed by atoms with van der Waals surface area (Å²) in [6.07, 6.45) is 69.8. The molecule has 8 nitrogen and oxygen atoms in total. The molecule has 0 spiro atoms. The number of nitrogens with two attached hydrogens (primary N) is 1. The van der Waals surface area contributed by atoms with Crippen LogP contribution in [0.4, 0.5) is 0 Å². The van der Waals surface area contributed by atoms with Crippen molar-refractivity contribution in [1.82, 2.24) is 0 Å². The van der Waals surface area contributed by atoms with E-state index in [1.165, 1.54) is 173 Å². The van der Waals surface area contributed by atoms with Gasteiger partial charge in [-0.15, -0.1) is 0 Å². The summed E-state index contributed by atoms with van der Waals surface area (Å²) in [6.45, 7) is 4.83. The first-order chi connectivity index (χ1) is 32.9. The van der Waals surface area contributed by atoms with E-state index in [9.17, 15) is 14.3 Å². The van der Waals surface area contributed by atoms with Gasteiger partial charge in [-0.1, -0.05) is 261 Å². The van der Waals surface area contributed by atoms with Crippen LogP contribution in [0.25, 0.3) is 0 Å². The fraction of sp³-hybridized carbons (Fsp3) is 0.810. The second-order valence-corrected chi connectivity index (χ2v) is 20.2. The van der Waals surface area contributed by atoms with Crippen LogP contribution in [-0.2, 0) is 27.9 Å². The Bertz CT molecular complexity index is 1220. The third kappa shape index (κ3) is 55.0. The number of carbonyl (C=O) groups excluding carboxylic acids is 1. The Morgan fingerprint density at radius 1 is 0.463 bits per heavy atom. The lowest BCUT2D eigenvalue weighted by molar-refractivity contribution is -0.154. The minimum absolute atomic E-state index is 0.0978. The highest BCUT2D eigenvalue weighted by Crippen LogP contribution is 2.43. The highest BCUT2D eigenvalue weighted by atomic mass is 31.2. The number of carbonyl (C=O) groups is 1. The third-order valence-corrected chi connectivity index (χ3v) is 13.2. The number of esters is 1. The molecule has 0 aliphatic heterocycles. The van der Waals surface area contributed by atoms with Crippen LogP contribution in [0.2, 0.25) is 0 Å². The smallest absolute Gasteiger partial charge is 0.457 e. The minimum atomic E-state index is -4.29. The van der Waals surface area contributed by atoms with Crippen molar-refractivity contribution >= 4 is 13.8 Å². The van der Waals surface area contributed by atoms with Gasteiger partial charge in [0.25, 0.3) is 0 Å². The van der Waals surface area contributed by atoms with Gasteiger partial charge in [-0.3, -0.25) is 13.8 Å². The molecular formula is C58H108NO7P. The molecule has 0 aromatic heterocycles. The van der Waals surface area contributed by atoms with Gasteiger partial charge in [0.2, 0.25) is 0 Å². The fourth-order valence-electron chi connectivity index (χ4n) is 8.09. The molecule has 0 radical (unpaired) electrons. The lowest BCUT2D eigenvalue weighted by Gasteiger charge is -2.20. The molecule has 0 saturated carbocycles. The van der Waals surface area contributed by atoms with Gasteiger partial charge in [-0.2, -0.15) is 0 Å². The summed E-state index contributed by atoms with van der Waals surface area (Å²) in [6, 6.07) is 0. The molecule has 0 aliphatic carbocycles. The van der Waals surface area contributed by atoms with Gasteiger partial charge in [-0.05, 0) is 57.8 Å². The van der Waals surface area contributed by atoms with Gasteiger partial charge in [-0.25, -0.2) is 4.57 Å². The Kier molecular flexibility index (Phi) is 53.7. The van der Waals surface area contributed by atoms with Crippen LogP contribution < -0.4 is 5.73 Å². The molecule has 0 bridgehead atoms. The lowest BCUT2D eigenvalue weighted by atomic mass is 10.0. The molecule has 0 aromatic carbocycles. The van der Waals surface area contributed by atoms with Crippen LogP contribution in [0.3, 0.4) is 0 Å². The van der Waals surface area contributed by atoms with E-state index in [-0.39, 0.29) is 32.3 Å². The fourth-order valence-corrected chi connectivity index (χ4v) is 8.85. The van der Waals surface area contributed by atoms with Crippen LogP contribution in [0.15, 0.2) is 60.8 Å². The largest absolute Gasteiger partial charge is 0.472 e. The van der Waals surface area contributed by atoms with Gasteiger partial charge >= 0.3 is 13.8 Å². The zero-order valence-electron chi connectivity index (χ0n) is 43.9. The molecule has 2 atom stereocenters. The summed E-state index contributed by atoms with van der Waals surface area (Å²) in [5, 5.41) is 0. The van der Waals surface area contributed by atoms with Crippen LogP contribution in [0.1, 0.15) is 264 Å². The van der Waals surface area contributed by atoms with Crippen LogP contribution >= 0.6 is 7.82 Å². The minimum Gasteiger partial charge on any atom is -0.457 e. The molecule has 3 N–H and O–H groups in total. The molecular weight excluding hydrogens is 854 g/mol. The summed E-state index contributed by atoms with van der Waals surface area (Å²) in [7, 11) is -4.29. The van der Waals surface area contributed by atoms with E-state index < -0.39 is 13.9 Å². The van der Waals surface area contributed by atoms with E-state index in [2.05, 4.69) is 74.6 Å². The Morgan fingerprint density at radius 2 is 0.836 bits per heavy atom. The molecule has 0 aromatic rings. The monoisotopic (exact) mass is 962 g/mol. The van der Waals surface area contributed by atoms with E-state index in [0.29, 0.717) is 13.0 Å². The second kappa shape index (κ2) is 55.1. The van der Waals surface area contributed by atoms with E-state index in [0.717, 1.165) is 70.6 Å². The van der Waals surface area contributed by atoms with Gasteiger partial charge in [0.15, 0.2) is 0 Å². The number of phosphoric ester groups is 1. The molecule has 0 aliphatic rings. The Hall–Kier alpha value is -1.80. The van der Waals surface area contributed by atoms with Crippen LogP contribution in [-0.4, -0.2) is 49.9 Å². The number of hydrogen-bond acceptors (Lipinski definition) is 7. The molecule has 0 rings (SSSR count). The predicted molar refractivity (Wildman–Crippen MR) is 289 cm³/mol. The number of rotatable bonds is 54. The van der Waals surface area contributed by atoms with E-state index in [1.54, 1.807) is 0 Å². The molecule has 0 fully saturated rings. The Labute approximate surface area is 414 Å². The maximum Gasteiger partial charge on any atom is 0.472 e. The number of phosphoric acid groups is 1. The topological polar surface area (TPSA) is 117 Å². The van der Waals surface area contributed by atoms with Crippen molar-refractivity contribution in [2.45, 2.75) is 270 Å². The average Bonchev–Trinajstić information content (AvgIpc) is 3.32.